The molecule has 0 saturated heterocycles. The van der Waals surface area contributed by atoms with Gasteiger partial charge in [0.05, 0.1) is 12.1 Å². The summed E-state index contributed by atoms with van der Waals surface area (Å²) in [6.45, 7) is -0.397. The Labute approximate surface area is 84.5 Å². The number of halogens is 2. The molecular formula is C9H9F2NOS. The van der Waals surface area contributed by atoms with Gasteiger partial charge in [0.25, 0.3) is 0 Å². The number of thioether (sulfide) groups is 1. The van der Waals surface area contributed by atoms with Gasteiger partial charge in [-0.3, -0.25) is 4.79 Å². The lowest BCUT2D eigenvalue weighted by atomic mass is 10.1. The molecule has 0 spiro atoms. The van der Waals surface area contributed by atoms with Gasteiger partial charge in [0, 0.05) is 4.90 Å². The Hall–Kier alpha value is -0.940. The van der Waals surface area contributed by atoms with Gasteiger partial charge in [0.15, 0.2) is 11.6 Å². The number of ketones is 1. The second-order valence-electron chi connectivity index (χ2n) is 2.57. The van der Waals surface area contributed by atoms with Gasteiger partial charge in [-0.05, 0) is 18.4 Å². The highest BCUT2D eigenvalue weighted by Gasteiger charge is 2.18. The molecule has 1 rings (SSSR count). The normalized spacial score (nSPS) is 10.3. The molecule has 0 aliphatic carbocycles. The van der Waals surface area contributed by atoms with E-state index >= 15 is 0 Å². The summed E-state index contributed by atoms with van der Waals surface area (Å²) in [6, 6.07) is 2.36. The summed E-state index contributed by atoms with van der Waals surface area (Å²) in [5, 5.41) is 0. The van der Waals surface area contributed by atoms with Crippen LogP contribution in [0.2, 0.25) is 0 Å². The predicted molar refractivity (Wildman–Crippen MR) is 51.5 cm³/mol. The first-order chi connectivity index (χ1) is 6.61. The zero-order chi connectivity index (χ0) is 10.7. The fourth-order valence-electron chi connectivity index (χ4n) is 1.05. The Kier molecular flexibility index (Phi) is 3.60. The fourth-order valence-corrected chi connectivity index (χ4v) is 1.53. The first-order valence-electron chi connectivity index (χ1n) is 3.87. The smallest absolute Gasteiger partial charge is 0.182 e. The van der Waals surface area contributed by atoms with Gasteiger partial charge in [-0.15, -0.1) is 11.8 Å². The summed E-state index contributed by atoms with van der Waals surface area (Å²) in [5.74, 6) is -2.42. The van der Waals surface area contributed by atoms with Crippen LogP contribution in [0.4, 0.5) is 8.78 Å². The maximum Gasteiger partial charge on any atom is 0.182 e. The molecule has 1 aromatic rings. The Morgan fingerprint density at radius 3 is 2.64 bits per heavy atom. The molecule has 2 nitrogen and oxygen atoms in total. The zero-order valence-corrected chi connectivity index (χ0v) is 8.33. The number of benzene rings is 1. The second kappa shape index (κ2) is 4.52. The lowest BCUT2D eigenvalue weighted by molar-refractivity contribution is 0.0993. The molecule has 0 unspecified atom stereocenters. The van der Waals surface area contributed by atoms with E-state index in [1.54, 1.807) is 6.26 Å². The molecule has 14 heavy (non-hydrogen) atoms. The summed E-state index contributed by atoms with van der Waals surface area (Å²) < 4.78 is 26.5. The van der Waals surface area contributed by atoms with Crippen molar-refractivity contribution >= 4 is 17.5 Å². The molecule has 0 amide bonds. The molecular weight excluding hydrogens is 208 g/mol. The Balaban J connectivity index is 3.32. The van der Waals surface area contributed by atoms with Crippen molar-refractivity contribution in [1.82, 2.24) is 0 Å². The van der Waals surface area contributed by atoms with Gasteiger partial charge in [-0.2, -0.15) is 0 Å². The van der Waals surface area contributed by atoms with E-state index in [9.17, 15) is 13.6 Å². The number of hydrogen-bond acceptors (Lipinski definition) is 3. The van der Waals surface area contributed by atoms with Crippen LogP contribution in [0.5, 0.6) is 0 Å². The molecule has 5 heteroatoms. The van der Waals surface area contributed by atoms with Crippen molar-refractivity contribution in [1.29, 1.82) is 0 Å². The predicted octanol–water partition coefficient (Wildman–Crippen LogP) is 1.83. The molecule has 0 atom stereocenters. The van der Waals surface area contributed by atoms with Crippen molar-refractivity contribution < 1.29 is 13.6 Å². The molecule has 76 valence electrons. The topological polar surface area (TPSA) is 43.1 Å². The molecule has 0 heterocycles. The third-order valence-corrected chi connectivity index (χ3v) is 2.49. The van der Waals surface area contributed by atoms with Crippen molar-refractivity contribution in [2.75, 3.05) is 12.8 Å². The van der Waals surface area contributed by atoms with Crippen molar-refractivity contribution in [3.05, 3.63) is 29.3 Å². The van der Waals surface area contributed by atoms with Crippen LogP contribution < -0.4 is 5.73 Å². The minimum absolute atomic E-state index is 0.239. The minimum atomic E-state index is -0.865. The van der Waals surface area contributed by atoms with E-state index < -0.39 is 29.5 Å². The standard InChI is InChI=1S/C9H9F2NOS/c1-14-7-3-2-5(10)8(9(7)11)6(13)4-12/h2-3H,4,12H2,1H3. The Bertz CT molecular complexity index is 368. The van der Waals surface area contributed by atoms with Crippen LogP contribution in [0.15, 0.2) is 17.0 Å². The summed E-state index contributed by atoms with van der Waals surface area (Å²) in [7, 11) is 0. The van der Waals surface area contributed by atoms with Gasteiger partial charge in [-0.1, -0.05) is 0 Å². The third-order valence-electron chi connectivity index (χ3n) is 1.74. The first kappa shape index (κ1) is 11.1. The quantitative estimate of drug-likeness (QED) is 0.620. The minimum Gasteiger partial charge on any atom is -0.324 e. The number of carbonyl (C=O) groups excluding carboxylic acids is 1. The first-order valence-corrected chi connectivity index (χ1v) is 5.09. The maximum atomic E-state index is 13.4. The third kappa shape index (κ3) is 1.93. The van der Waals surface area contributed by atoms with Crippen LogP contribution in [0.25, 0.3) is 0 Å². The molecule has 0 aliphatic heterocycles. The van der Waals surface area contributed by atoms with Gasteiger partial charge < -0.3 is 5.73 Å². The molecule has 0 fully saturated rings. The van der Waals surface area contributed by atoms with Crippen molar-refractivity contribution in [3.63, 3.8) is 0 Å². The van der Waals surface area contributed by atoms with Crippen LogP contribution in [0, 0.1) is 11.6 Å². The Morgan fingerprint density at radius 2 is 2.14 bits per heavy atom. The van der Waals surface area contributed by atoms with E-state index in [1.807, 2.05) is 0 Å². The number of nitrogens with two attached hydrogens (primary N) is 1. The van der Waals surface area contributed by atoms with E-state index in [2.05, 4.69) is 0 Å². The summed E-state index contributed by atoms with van der Waals surface area (Å²) >= 11 is 1.11. The monoisotopic (exact) mass is 217 g/mol. The number of hydrogen-bond donors (Lipinski definition) is 1. The van der Waals surface area contributed by atoms with E-state index in [1.165, 1.54) is 6.07 Å². The highest BCUT2D eigenvalue weighted by atomic mass is 32.2. The van der Waals surface area contributed by atoms with E-state index in [0.29, 0.717) is 0 Å². The molecule has 0 aromatic heterocycles. The average molecular weight is 217 g/mol. The average Bonchev–Trinajstić information content (AvgIpc) is 2.18. The van der Waals surface area contributed by atoms with Crippen molar-refractivity contribution in [2.45, 2.75) is 4.90 Å². The fraction of sp³-hybridized carbons (Fsp3) is 0.222. The molecule has 2 N–H and O–H groups in total. The van der Waals surface area contributed by atoms with Crippen LogP contribution in [0.1, 0.15) is 10.4 Å². The van der Waals surface area contributed by atoms with E-state index in [-0.39, 0.29) is 4.90 Å². The molecule has 0 saturated carbocycles. The van der Waals surface area contributed by atoms with Crippen LogP contribution in [0.3, 0.4) is 0 Å². The van der Waals surface area contributed by atoms with Gasteiger partial charge >= 0.3 is 0 Å². The van der Waals surface area contributed by atoms with Gasteiger partial charge in [-0.25, -0.2) is 8.78 Å². The maximum absolute atomic E-state index is 13.4. The largest absolute Gasteiger partial charge is 0.324 e. The highest BCUT2D eigenvalue weighted by molar-refractivity contribution is 7.98. The van der Waals surface area contributed by atoms with Gasteiger partial charge in [0.1, 0.15) is 5.82 Å². The highest BCUT2D eigenvalue weighted by Crippen LogP contribution is 2.24. The second-order valence-corrected chi connectivity index (χ2v) is 3.41. The van der Waals surface area contributed by atoms with Crippen LogP contribution in [-0.2, 0) is 0 Å². The van der Waals surface area contributed by atoms with Crippen molar-refractivity contribution in [3.8, 4) is 0 Å². The zero-order valence-electron chi connectivity index (χ0n) is 7.51. The lowest BCUT2D eigenvalue weighted by Crippen LogP contribution is -2.17. The summed E-state index contributed by atoms with van der Waals surface area (Å²) in [4.78, 5) is 11.3. The molecule has 1 aromatic carbocycles. The lowest BCUT2D eigenvalue weighted by Gasteiger charge is -2.05. The molecule has 0 aliphatic rings. The molecule has 0 radical (unpaired) electrons. The number of rotatable bonds is 3. The van der Waals surface area contributed by atoms with Crippen LogP contribution in [-0.4, -0.2) is 18.6 Å². The van der Waals surface area contributed by atoms with E-state index in [0.717, 1.165) is 17.8 Å². The Morgan fingerprint density at radius 1 is 1.50 bits per heavy atom. The number of carbonyl (C=O) groups is 1. The summed E-state index contributed by atoms with van der Waals surface area (Å²) in [6.07, 6.45) is 1.65. The SMILES string of the molecule is CSc1ccc(F)c(C(=O)CN)c1F. The summed E-state index contributed by atoms with van der Waals surface area (Å²) in [5.41, 5.74) is 4.50. The van der Waals surface area contributed by atoms with Crippen molar-refractivity contribution in [2.24, 2.45) is 5.73 Å². The van der Waals surface area contributed by atoms with Crippen LogP contribution >= 0.6 is 11.8 Å². The van der Waals surface area contributed by atoms with E-state index in [4.69, 9.17) is 5.73 Å². The molecule has 0 bridgehead atoms. The number of Topliss-reactive ketones (excluding diaryl/α,β-unsaturated/α-hetero) is 1. The van der Waals surface area contributed by atoms with Gasteiger partial charge in [0.2, 0.25) is 0 Å².